The number of rotatable bonds is 4. The molecular formula is C19H24BrFN4O. The lowest BCUT2D eigenvalue weighted by Crippen LogP contribution is -2.58. The van der Waals surface area contributed by atoms with E-state index in [1.807, 2.05) is 18.9 Å². The van der Waals surface area contributed by atoms with Crippen LogP contribution in [0.3, 0.4) is 0 Å². The molecule has 1 aliphatic rings. The number of benzene rings is 1. The third kappa shape index (κ3) is 3.83. The Balaban J connectivity index is 1.78. The molecule has 0 bridgehead atoms. The molecule has 1 aromatic heterocycles. The third-order valence-corrected chi connectivity index (χ3v) is 6.11. The minimum absolute atomic E-state index is 0.0435. The maximum absolute atomic E-state index is 13.1. The summed E-state index contributed by atoms with van der Waals surface area (Å²) in [7, 11) is 1.84. The van der Waals surface area contributed by atoms with Gasteiger partial charge in [0.25, 0.3) is 5.91 Å². The van der Waals surface area contributed by atoms with Crippen LogP contribution in [-0.4, -0.2) is 45.8 Å². The molecule has 1 aromatic carbocycles. The summed E-state index contributed by atoms with van der Waals surface area (Å²) >= 11 is 3.50. The molecular weight excluding hydrogens is 399 g/mol. The maximum atomic E-state index is 13.1. The van der Waals surface area contributed by atoms with E-state index in [-0.39, 0.29) is 23.8 Å². The fraction of sp³-hybridized carbons (Fsp3) is 0.474. The number of carbonyl (C=O) groups excluding carboxylic acids is 1. The van der Waals surface area contributed by atoms with Gasteiger partial charge in [0.1, 0.15) is 5.82 Å². The van der Waals surface area contributed by atoms with Gasteiger partial charge in [0.2, 0.25) is 0 Å². The van der Waals surface area contributed by atoms with E-state index in [9.17, 15) is 9.18 Å². The summed E-state index contributed by atoms with van der Waals surface area (Å²) in [5.74, 6) is -0.272. The van der Waals surface area contributed by atoms with Crippen molar-refractivity contribution < 1.29 is 9.18 Å². The first-order valence-corrected chi connectivity index (χ1v) is 9.65. The Morgan fingerprint density at radius 2 is 2.08 bits per heavy atom. The van der Waals surface area contributed by atoms with Crippen LogP contribution in [-0.2, 0) is 13.5 Å². The third-order valence-electron chi connectivity index (χ3n) is 5.16. The van der Waals surface area contributed by atoms with Gasteiger partial charge in [-0.1, -0.05) is 12.1 Å². The quantitative estimate of drug-likeness (QED) is 0.823. The van der Waals surface area contributed by atoms with Crippen molar-refractivity contribution in [3.05, 3.63) is 51.5 Å². The van der Waals surface area contributed by atoms with Crippen molar-refractivity contribution in [1.82, 2.24) is 20.0 Å². The van der Waals surface area contributed by atoms with Crippen LogP contribution in [0.5, 0.6) is 0 Å². The van der Waals surface area contributed by atoms with Crippen molar-refractivity contribution >= 4 is 21.8 Å². The molecule has 2 atom stereocenters. The van der Waals surface area contributed by atoms with Gasteiger partial charge in [-0.25, -0.2) is 4.39 Å². The van der Waals surface area contributed by atoms with Gasteiger partial charge in [-0.3, -0.25) is 9.48 Å². The lowest BCUT2D eigenvalue weighted by atomic mass is 9.96. The molecule has 0 aliphatic carbocycles. The fourth-order valence-corrected chi connectivity index (χ4v) is 3.97. The summed E-state index contributed by atoms with van der Waals surface area (Å²) in [6.45, 7) is 5.45. The van der Waals surface area contributed by atoms with Crippen LogP contribution in [0.4, 0.5) is 4.39 Å². The van der Waals surface area contributed by atoms with E-state index in [0.717, 1.165) is 35.1 Å². The summed E-state index contributed by atoms with van der Waals surface area (Å²) in [4.78, 5) is 15.1. The molecule has 0 radical (unpaired) electrons. The number of carbonyl (C=O) groups is 1. The molecule has 5 nitrogen and oxygen atoms in total. The molecule has 7 heteroatoms. The number of piperazine rings is 1. The minimum Gasteiger partial charge on any atom is -0.331 e. The van der Waals surface area contributed by atoms with Crippen molar-refractivity contribution in [2.75, 3.05) is 13.1 Å². The van der Waals surface area contributed by atoms with Crippen molar-refractivity contribution in [3.8, 4) is 0 Å². The highest BCUT2D eigenvalue weighted by molar-refractivity contribution is 9.10. The average molecular weight is 423 g/mol. The highest BCUT2D eigenvalue weighted by atomic mass is 79.9. The lowest BCUT2D eigenvalue weighted by molar-refractivity contribution is 0.0554. The number of aryl methyl sites for hydroxylation is 2. The lowest BCUT2D eigenvalue weighted by Gasteiger charge is -2.40. The van der Waals surface area contributed by atoms with Crippen LogP contribution in [0, 0.1) is 12.7 Å². The Labute approximate surface area is 161 Å². The van der Waals surface area contributed by atoms with Crippen LogP contribution in [0.25, 0.3) is 0 Å². The van der Waals surface area contributed by atoms with Gasteiger partial charge < -0.3 is 10.2 Å². The van der Waals surface area contributed by atoms with Crippen molar-refractivity contribution in [1.29, 1.82) is 0 Å². The summed E-state index contributed by atoms with van der Waals surface area (Å²) in [6, 6.07) is 6.83. The summed E-state index contributed by atoms with van der Waals surface area (Å²) in [5.41, 5.74) is 2.47. The van der Waals surface area contributed by atoms with Crippen molar-refractivity contribution in [2.24, 2.45) is 7.05 Å². The van der Waals surface area contributed by atoms with Gasteiger partial charge in [-0.15, -0.1) is 0 Å². The Morgan fingerprint density at radius 3 is 2.69 bits per heavy atom. The van der Waals surface area contributed by atoms with E-state index in [1.54, 1.807) is 16.8 Å². The largest absolute Gasteiger partial charge is 0.331 e. The predicted octanol–water partition coefficient (Wildman–Crippen LogP) is 3.07. The van der Waals surface area contributed by atoms with Crippen molar-refractivity contribution in [3.63, 3.8) is 0 Å². The molecule has 26 heavy (non-hydrogen) atoms. The molecule has 1 aliphatic heterocycles. The molecule has 1 saturated heterocycles. The van der Waals surface area contributed by atoms with E-state index in [2.05, 4.69) is 33.3 Å². The van der Waals surface area contributed by atoms with Crippen LogP contribution < -0.4 is 5.32 Å². The number of hydrogen-bond acceptors (Lipinski definition) is 3. The zero-order chi connectivity index (χ0) is 18.8. The van der Waals surface area contributed by atoms with E-state index < -0.39 is 0 Å². The van der Waals surface area contributed by atoms with Gasteiger partial charge in [0, 0.05) is 32.2 Å². The second kappa shape index (κ2) is 7.88. The molecule has 1 N–H and O–H groups in total. The zero-order valence-corrected chi connectivity index (χ0v) is 16.9. The summed E-state index contributed by atoms with van der Waals surface area (Å²) < 4.78 is 15.6. The van der Waals surface area contributed by atoms with E-state index in [1.165, 1.54) is 12.1 Å². The number of halogens is 2. The topological polar surface area (TPSA) is 50.2 Å². The number of hydrogen-bond donors (Lipinski definition) is 1. The van der Waals surface area contributed by atoms with Crippen LogP contribution >= 0.6 is 15.9 Å². The Kier molecular flexibility index (Phi) is 5.77. The normalized spacial score (nSPS) is 20.4. The first-order chi connectivity index (χ1) is 12.4. The van der Waals surface area contributed by atoms with Gasteiger partial charge in [0.15, 0.2) is 5.69 Å². The Bertz CT molecular complexity index is 790. The highest BCUT2D eigenvalue weighted by Gasteiger charge is 2.34. The fourth-order valence-electron chi connectivity index (χ4n) is 3.46. The smallest absolute Gasteiger partial charge is 0.275 e. The Morgan fingerprint density at radius 1 is 1.38 bits per heavy atom. The monoisotopic (exact) mass is 422 g/mol. The first kappa shape index (κ1) is 19.0. The molecule has 3 rings (SSSR count). The number of nitrogens with zero attached hydrogens (tertiary/aromatic N) is 3. The number of nitrogens with one attached hydrogen (secondary N) is 1. The molecule has 1 fully saturated rings. The predicted molar refractivity (Wildman–Crippen MR) is 103 cm³/mol. The number of aromatic nitrogens is 2. The van der Waals surface area contributed by atoms with Crippen LogP contribution in [0.15, 0.2) is 28.7 Å². The number of amides is 1. The molecule has 2 aromatic rings. The molecule has 1 amide bonds. The highest BCUT2D eigenvalue weighted by Crippen LogP contribution is 2.25. The SMILES string of the molecule is Cc1c(Br)c(C(=O)N2CCNC(C)C2CCc2ccc(F)cc2)nn1C. The minimum atomic E-state index is -0.228. The van der Waals surface area contributed by atoms with Crippen LogP contribution in [0.1, 0.15) is 35.1 Å². The Hall–Kier alpha value is -1.73. The van der Waals surface area contributed by atoms with Gasteiger partial charge in [-0.05, 0) is 60.3 Å². The van der Waals surface area contributed by atoms with Gasteiger partial charge in [-0.2, -0.15) is 5.10 Å². The summed E-state index contributed by atoms with van der Waals surface area (Å²) in [5, 5.41) is 7.84. The van der Waals surface area contributed by atoms with Gasteiger partial charge >= 0.3 is 0 Å². The second-order valence-electron chi connectivity index (χ2n) is 6.85. The van der Waals surface area contributed by atoms with E-state index in [4.69, 9.17) is 0 Å². The molecule has 2 unspecified atom stereocenters. The molecule has 0 saturated carbocycles. The second-order valence-corrected chi connectivity index (χ2v) is 7.64. The standard InChI is InChI=1S/C19H24BrFN4O/c1-12-16(9-6-14-4-7-15(21)8-5-14)25(11-10-22-12)19(26)18-17(20)13(2)24(3)23-18/h4-5,7-8,12,16,22H,6,9-11H2,1-3H3. The van der Waals surface area contributed by atoms with Crippen molar-refractivity contribution in [2.45, 2.75) is 38.8 Å². The van der Waals surface area contributed by atoms with Gasteiger partial charge in [0.05, 0.1) is 10.2 Å². The molecule has 140 valence electrons. The summed E-state index contributed by atoms with van der Waals surface area (Å²) in [6.07, 6.45) is 1.61. The van der Waals surface area contributed by atoms with E-state index in [0.29, 0.717) is 12.2 Å². The molecule has 2 heterocycles. The van der Waals surface area contributed by atoms with Crippen LogP contribution in [0.2, 0.25) is 0 Å². The maximum Gasteiger partial charge on any atom is 0.275 e. The zero-order valence-electron chi connectivity index (χ0n) is 15.3. The average Bonchev–Trinajstić information content (AvgIpc) is 2.89. The first-order valence-electron chi connectivity index (χ1n) is 8.86. The molecule has 0 spiro atoms. The van der Waals surface area contributed by atoms with E-state index >= 15 is 0 Å².